The Hall–Kier alpha value is -3.83. The zero-order valence-corrected chi connectivity index (χ0v) is 20.9. The highest BCUT2D eigenvalue weighted by Gasteiger charge is 2.21. The smallest absolute Gasteiger partial charge is 0.257 e. The lowest BCUT2D eigenvalue weighted by molar-refractivity contribution is 0.102. The third-order valence-electron chi connectivity index (χ3n) is 5.66. The molecule has 2 heterocycles. The SMILES string of the molecule is COCCc1nnc(-c2ccc(Oc3cc(OCCC4CC4)cc(C(=O)Nc4ncc(F)s4)c3)cc2)o1. The Labute approximate surface area is 216 Å². The first-order chi connectivity index (χ1) is 18.1. The van der Waals surface area contributed by atoms with Gasteiger partial charge in [-0.3, -0.25) is 10.1 Å². The maximum Gasteiger partial charge on any atom is 0.257 e. The Morgan fingerprint density at radius 3 is 2.65 bits per heavy atom. The van der Waals surface area contributed by atoms with E-state index in [2.05, 4.69) is 20.5 Å². The first-order valence-corrected chi connectivity index (χ1v) is 12.7. The van der Waals surface area contributed by atoms with E-state index in [1.807, 2.05) is 12.1 Å². The molecule has 192 valence electrons. The van der Waals surface area contributed by atoms with Crippen molar-refractivity contribution in [1.82, 2.24) is 15.2 Å². The van der Waals surface area contributed by atoms with Crippen molar-refractivity contribution in [3.63, 3.8) is 0 Å². The third-order valence-corrected chi connectivity index (χ3v) is 6.36. The summed E-state index contributed by atoms with van der Waals surface area (Å²) in [5, 5.41) is 10.4. The number of carbonyl (C=O) groups excluding carboxylic acids is 1. The van der Waals surface area contributed by atoms with Crippen LogP contribution in [0.3, 0.4) is 0 Å². The minimum absolute atomic E-state index is 0.173. The van der Waals surface area contributed by atoms with Crippen LogP contribution >= 0.6 is 11.3 Å². The lowest BCUT2D eigenvalue weighted by atomic mass is 10.2. The van der Waals surface area contributed by atoms with Crippen molar-refractivity contribution in [3.8, 4) is 28.7 Å². The van der Waals surface area contributed by atoms with Crippen molar-refractivity contribution in [3.05, 3.63) is 65.2 Å². The van der Waals surface area contributed by atoms with E-state index in [-0.39, 0.29) is 5.13 Å². The van der Waals surface area contributed by atoms with Gasteiger partial charge in [-0.2, -0.15) is 4.39 Å². The summed E-state index contributed by atoms with van der Waals surface area (Å²) in [5.74, 6) is 2.67. The Balaban J connectivity index is 1.31. The van der Waals surface area contributed by atoms with Gasteiger partial charge in [-0.25, -0.2) is 4.98 Å². The van der Waals surface area contributed by atoms with Gasteiger partial charge in [0.1, 0.15) is 17.2 Å². The van der Waals surface area contributed by atoms with Crippen LogP contribution in [0.2, 0.25) is 0 Å². The van der Waals surface area contributed by atoms with E-state index in [9.17, 15) is 9.18 Å². The molecule has 1 N–H and O–H groups in total. The second-order valence-electron chi connectivity index (χ2n) is 8.57. The number of amides is 1. The van der Waals surface area contributed by atoms with Gasteiger partial charge in [-0.1, -0.05) is 24.2 Å². The number of thiazole rings is 1. The van der Waals surface area contributed by atoms with Crippen LogP contribution in [0, 0.1) is 11.0 Å². The average Bonchev–Trinajstić information content (AvgIpc) is 3.44. The van der Waals surface area contributed by atoms with Gasteiger partial charge >= 0.3 is 0 Å². The number of carbonyl (C=O) groups is 1. The van der Waals surface area contributed by atoms with Crippen molar-refractivity contribution in [2.75, 3.05) is 25.6 Å². The van der Waals surface area contributed by atoms with Crippen molar-refractivity contribution < 1.29 is 27.8 Å². The van der Waals surface area contributed by atoms with Gasteiger partial charge in [0.25, 0.3) is 5.91 Å². The molecular weight excluding hydrogens is 499 g/mol. The van der Waals surface area contributed by atoms with Gasteiger partial charge < -0.3 is 18.6 Å². The fourth-order valence-corrected chi connectivity index (χ4v) is 4.08. The van der Waals surface area contributed by atoms with Crippen LogP contribution in [-0.2, 0) is 11.2 Å². The molecular formula is C26H25FN4O5S. The second-order valence-corrected chi connectivity index (χ2v) is 9.55. The molecule has 2 aromatic heterocycles. The fraction of sp³-hybridized carbons (Fsp3) is 0.308. The maximum atomic E-state index is 13.3. The molecule has 0 radical (unpaired) electrons. The summed E-state index contributed by atoms with van der Waals surface area (Å²) in [6.07, 6.45) is 5.04. The van der Waals surface area contributed by atoms with Gasteiger partial charge in [-0.05, 0) is 48.7 Å². The quantitative estimate of drug-likeness (QED) is 0.250. The van der Waals surface area contributed by atoms with Crippen molar-refractivity contribution in [2.24, 2.45) is 5.92 Å². The van der Waals surface area contributed by atoms with Gasteiger partial charge in [-0.15, -0.1) is 10.2 Å². The summed E-state index contributed by atoms with van der Waals surface area (Å²) in [6, 6.07) is 12.1. The molecule has 5 rings (SSSR count). The van der Waals surface area contributed by atoms with E-state index >= 15 is 0 Å². The van der Waals surface area contributed by atoms with Crippen molar-refractivity contribution in [1.29, 1.82) is 0 Å². The van der Waals surface area contributed by atoms with Crippen molar-refractivity contribution >= 4 is 22.4 Å². The number of ether oxygens (including phenoxy) is 3. The molecule has 0 bridgehead atoms. The zero-order chi connectivity index (χ0) is 25.6. The molecule has 9 nitrogen and oxygen atoms in total. The highest BCUT2D eigenvalue weighted by Crippen LogP contribution is 2.33. The van der Waals surface area contributed by atoms with Crippen LogP contribution < -0.4 is 14.8 Å². The molecule has 1 fully saturated rings. The van der Waals surface area contributed by atoms with Gasteiger partial charge in [0.05, 0.1) is 19.4 Å². The normalized spacial score (nSPS) is 12.9. The summed E-state index contributed by atoms with van der Waals surface area (Å²) >= 11 is 0.755. The van der Waals surface area contributed by atoms with E-state index < -0.39 is 11.0 Å². The van der Waals surface area contributed by atoms with Gasteiger partial charge in [0.2, 0.25) is 11.8 Å². The topological polar surface area (TPSA) is 109 Å². The molecule has 1 aliphatic carbocycles. The molecule has 1 aliphatic rings. The monoisotopic (exact) mass is 524 g/mol. The molecule has 1 amide bonds. The number of nitrogens with zero attached hydrogens (tertiary/aromatic N) is 3. The van der Waals surface area contributed by atoms with Gasteiger partial charge in [0, 0.05) is 30.7 Å². The molecule has 1 saturated carbocycles. The minimum atomic E-state index is -0.480. The largest absolute Gasteiger partial charge is 0.493 e. The Morgan fingerprint density at radius 2 is 1.92 bits per heavy atom. The third kappa shape index (κ3) is 6.89. The highest BCUT2D eigenvalue weighted by atomic mass is 32.1. The number of benzene rings is 2. The first-order valence-electron chi connectivity index (χ1n) is 11.9. The molecule has 0 aliphatic heterocycles. The number of halogens is 1. The molecule has 0 atom stereocenters. The zero-order valence-electron chi connectivity index (χ0n) is 20.1. The Kier molecular flexibility index (Phi) is 7.71. The molecule has 4 aromatic rings. The molecule has 37 heavy (non-hydrogen) atoms. The lowest BCUT2D eigenvalue weighted by Gasteiger charge is -2.12. The van der Waals surface area contributed by atoms with E-state index in [1.54, 1.807) is 37.4 Å². The number of anilines is 1. The van der Waals surface area contributed by atoms with Crippen LogP contribution in [-0.4, -0.2) is 41.4 Å². The van der Waals surface area contributed by atoms with Crippen molar-refractivity contribution in [2.45, 2.75) is 25.7 Å². The van der Waals surface area contributed by atoms with Crippen LogP contribution in [0.1, 0.15) is 35.5 Å². The van der Waals surface area contributed by atoms with Crippen LogP contribution in [0.15, 0.2) is 53.1 Å². The van der Waals surface area contributed by atoms with Gasteiger partial charge in [0.15, 0.2) is 10.3 Å². The molecule has 2 aromatic carbocycles. The molecule has 11 heteroatoms. The summed E-state index contributed by atoms with van der Waals surface area (Å²) in [6.45, 7) is 1.05. The summed E-state index contributed by atoms with van der Waals surface area (Å²) in [4.78, 5) is 16.7. The number of nitrogens with one attached hydrogen (secondary N) is 1. The van der Waals surface area contributed by atoms with E-state index in [0.717, 1.165) is 35.4 Å². The average molecular weight is 525 g/mol. The number of hydrogen-bond donors (Lipinski definition) is 1. The minimum Gasteiger partial charge on any atom is -0.493 e. The number of methoxy groups -OCH3 is 1. The summed E-state index contributed by atoms with van der Waals surface area (Å²) in [5.41, 5.74) is 1.05. The van der Waals surface area contributed by atoms with Crippen LogP contribution in [0.5, 0.6) is 17.2 Å². The summed E-state index contributed by atoms with van der Waals surface area (Å²) < 4.78 is 35.9. The number of aromatic nitrogens is 3. The molecule has 0 unspecified atom stereocenters. The van der Waals surface area contributed by atoms with E-state index in [4.69, 9.17) is 18.6 Å². The predicted molar refractivity (Wildman–Crippen MR) is 135 cm³/mol. The summed E-state index contributed by atoms with van der Waals surface area (Å²) in [7, 11) is 1.61. The fourth-order valence-electron chi connectivity index (χ4n) is 3.54. The molecule has 0 spiro atoms. The maximum absolute atomic E-state index is 13.3. The molecule has 0 saturated heterocycles. The Bertz CT molecular complexity index is 1350. The second kappa shape index (κ2) is 11.5. The highest BCUT2D eigenvalue weighted by molar-refractivity contribution is 7.14. The van der Waals surface area contributed by atoms with Crippen LogP contribution in [0.4, 0.5) is 9.52 Å². The lowest BCUT2D eigenvalue weighted by Crippen LogP contribution is -2.12. The first kappa shape index (κ1) is 24.8. The van der Waals surface area contributed by atoms with E-state index in [0.29, 0.717) is 54.2 Å². The predicted octanol–water partition coefficient (Wildman–Crippen LogP) is 5.74. The van der Waals surface area contributed by atoms with Crippen LogP contribution in [0.25, 0.3) is 11.5 Å². The van der Waals surface area contributed by atoms with E-state index in [1.165, 1.54) is 12.8 Å². The standard InChI is InChI=1S/C26H25FN4O5S/c1-33-10-9-23-30-31-25(36-23)17-4-6-19(7-5-17)35-21-13-18(24(32)29-26-28-15-22(27)37-26)12-20(14-21)34-11-8-16-2-3-16/h4-7,12-16H,2-3,8-11H2,1H3,(H,28,29,32). The Morgan fingerprint density at radius 1 is 1.11 bits per heavy atom. The number of hydrogen-bond acceptors (Lipinski definition) is 9. The number of rotatable bonds is 12.